The minimum Gasteiger partial charge on any atom is -0.463 e. The van der Waals surface area contributed by atoms with Gasteiger partial charge in [-0.2, -0.15) is 0 Å². The van der Waals surface area contributed by atoms with Gasteiger partial charge < -0.3 is 4.74 Å². The largest absolute Gasteiger partial charge is 0.463 e. The molecule has 0 aliphatic rings. The highest BCUT2D eigenvalue weighted by Crippen LogP contribution is 2.22. The van der Waals surface area contributed by atoms with Crippen LogP contribution in [0.4, 0.5) is 0 Å². The number of benzene rings is 1. The summed E-state index contributed by atoms with van der Waals surface area (Å²) in [6.07, 6.45) is 6.54. The quantitative estimate of drug-likeness (QED) is 0.365. The Labute approximate surface area is 128 Å². The molecule has 0 radical (unpaired) electrons. The normalized spacial score (nSPS) is 11.6. The molecule has 0 saturated heterocycles. The van der Waals surface area contributed by atoms with Gasteiger partial charge in [0.05, 0.1) is 12.1 Å². The molecule has 0 unspecified atom stereocenters. The number of ether oxygens (including phenoxy) is 1. The fraction of sp³-hybridized carbons (Fsp3) is 0.176. The summed E-state index contributed by atoms with van der Waals surface area (Å²) in [6, 6.07) is 7.99. The summed E-state index contributed by atoms with van der Waals surface area (Å²) in [7, 11) is 0. The van der Waals surface area contributed by atoms with Gasteiger partial charge in [-0.15, -0.1) is 0 Å². The van der Waals surface area contributed by atoms with E-state index in [0.717, 1.165) is 16.5 Å². The Hall–Kier alpha value is -2.13. The molecule has 0 bridgehead atoms. The summed E-state index contributed by atoms with van der Waals surface area (Å²) >= 11 is 6.16. The Balaban J connectivity index is 2.21. The maximum atomic E-state index is 11.2. The molecule has 1 heterocycles. The van der Waals surface area contributed by atoms with Crippen molar-refractivity contribution in [2.45, 2.75) is 13.8 Å². The second-order valence-electron chi connectivity index (χ2n) is 4.53. The molecular weight excluding hydrogens is 286 g/mol. The number of hydrogen-bond acceptors (Lipinski definition) is 3. The van der Waals surface area contributed by atoms with E-state index in [4.69, 9.17) is 16.3 Å². The highest BCUT2D eigenvalue weighted by molar-refractivity contribution is 6.31. The van der Waals surface area contributed by atoms with Crippen LogP contribution in [0, 0.1) is 6.92 Å². The number of esters is 1. The number of hydrogen-bond donors (Lipinski definition) is 0. The fourth-order valence-electron chi connectivity index (χ4n) is 1.89. The molecule has 0 N–H and O–H groups in total. The number of aryl methyl sites for hydroxylation is 1. The Kier molecular flexibility index (Phi) is 5.12. The first-order valence-corrected chi connectivity index (χ1v) is 7.06. The summed E-state index contributed by atoms with van der Waals surface area (Å²) in [5, 5.41) is 1.47. The third-order valence-corrected chi connectivity index (χ3v) is 3.16. The highest BCUT2D eigenvalue weighted by Gasteiger charge is 2.02. The van der Waals surface area contributed by atoms with Crippen molar-refractivity contribution in [3.63, 3.8) is 0 Å². The first-order valence-electron chi connectivity index (χ1n) is 6.68. The number of halogens is 1. The average molecular weight is 302 g/mol. The lowest BCUT2D eigenvalue weighted by Crippen LogP contribution is -1.98. The molecule has 21 heavy (non-hydrogen) atoms. The monoisotopic (exact) mass is 301 g/mol. The number of nitrogens with zero attached hydrogens (tertiary/aromatic N) is 1. The lowest BCUT2D eigenvalue weighted by Gasteiger charge is -2.03. The number of carbonyl (C=O) groups is 1. The van der Waals surface area contributed by atoms with Crippen LogP contribution in [0.15, 0.2) is 42.5 Å². The average Bonchev–Trinajstić information content (AvgIpc) is 2.44. The molecule has 0 amide bonds. The summed E-state index contributed by atoms with van der Waals surface area (Å²) in [5.74, 6) is -0.361. The van der Waals surface area contributed by atoms with Gasteiger partial charge >= 0.3 is 5.97 Å². The van der Waals surface area contributed by atoms with Crippen LogP contribution in [-0.4, -0.2) is 17.6 Å². The van der Waals surface area contributed by atoms with Crippen LogP contribution in [0.5, 0.6) is 0 Å². The van der Waals surface area contributed by atoms with Gasteiger partial charge in [-0.1, -0.05) is 41.5 Å². The number of aromatic nitrogens is 1. The van der Waals surface area contributed by atoms with Gasteiger partial charge in [0.25, 0.3) is 0 Å². The number of rotatable bonds is 4. The zero-order valence-corrected chi connectivity index (χ0v) is 12.7. The van der Waals surface area contributed by atoms with Crippen LogP contribution < -0.4 is 0 Å². The first-order chi connectivity index (χ1) is 10.1. The van der Waals surface area contributed by atoms with Crippen molar-refractivity contribution in [3.05, 3.63) is 58.8 Å². The van der Waals surface area contributed by atoms with E-state index in [-0.39, 0.29) is 5.97 Å². The number of allylic oxidation sites excluding steroid dienone is 2. The summed E-state index contributed by atoms with van der Waals surface area (Å²) in [4.78, 5) is 15.5. The zero-order chi connectivity index (χ0) is 15.2. The van der Waals surface area contributed by atoms with Crippen LogP contribution >= 0.6 is 11.6 Å². The minimum atomic E-state index is -0.361. The van der Waals surface area contributed by atoms with Crippen LogP contribution in [-0.2, 0) is 9.53 Å². The maximum Gasteiger partial charge on any atom is 0.330 e. The molecule has 1 aromatic carbocycles. The Bertz CT molecular complexity index is 720. The number of fused-ring (bicyclic) bond motifs is 1. The van der Waals surface area contributed by atoms with E-state index in [1.54, 1.807) is 19.1 Å². The summed E-state index contributed by atoms with van der Waals surface area (Å²) in [6.45, 7) is 4.17. The fourth-order valence-corrected chi connectivity index (χ4v) is 2.10. The zero-order valence-electron chi connectivity index (χ0n) is 12.0. The Morgan fingerprint density at radius 1 is 1.33 bits per heavy atom. The number of pyridine rings is 1. The predicted octanol–water partition coefficient (Wildman–Crippen LogP) is 4.33. The Morgan fingerprint density at radius 2 is 2.14 bits per heavy atom. The lowest BCUT2D eigenvalue weighted by molar-refractivity contribution is -0.137. The predicted molar refractivity (Wildman–Crippen MR) is 86.3 cm³/mol. The van der Waals surface area contributed by atoms with Gasteiger partial charge in [-0.25, -0.2) is 9.78 Å². The minimum absolute atomic E-state index is 0.361. The topological polar surface area (TPSA) is 39.2 Å². The van der Waals surface area contributed by atoms with Crippen molar-refractivity contribution in [2.75, 3.05) is 6.61 Å². The van der Waals surface area contributed by atoms with Crippen molar-refractivity contribution in [1.29, 1.82) is 0 Å². The van der Waals surface area contributed by atoms with E-state index in [9.17, 15) is 4.79 Å². The van der Waals surface area contributed by atoms with Gasteiger partial charge in [0.15, 0.2) is 0 Å². The third kappa shape index (κ3) is 4.17. The standard InChI is InChI=1S/C17H16ClNO2/c1-3-21-16(20)7-5-4-6-13-11-14-10-12(2)8-9-15(14)19-17(13)18/h4-11H,3H2,1-2H3/b6-4+,7-5+. The smallest absolute Gasteiger partial charge is 0.330 e. The molecule has 108 valence electrons. The van der Waals surface area contributed by atoms with Gasteiger partial charge in [-0.3, -0.25) is 0 Å². The second kappa shape index (κ2) is 7.04. The SMILES string of the molecule is CCOC(=O)/C=C/C=C/c1cc2cc(C)ccc2nc1Cl. The van der Waals surface area contributed by atoms with E-state index >= 15 is 0 Å². The van der Waals surface area contributed by atoms with E-state index in [0.29, 0.717) is 11.8 Å². The van der Waals surface area contributed by atoms with Crippen molar-refractivity contribution in [3.8, 4) is 0 Å². The van der Waals surface area contributed by atoms with Crippen molar-refractivity contribution >= 4 is 34.5 Å². The lowest BCUT2D eigenvalue weighted by atomic mass is 10.1. The molecule has 0 fully saturated rings. The van der Waals surface area contributed by atoms with Crippen LogP contribution in [0.2, 0.25) is 5.15 Å². The van der Waals surface area contributed by atoms with Gasteiger partial charge in [0.1, 0.15) is 5.15 Å². The summed E-state index contributed by atoms with van der Waals surface area (Å²) < 4.78 is 4.79. The molecule has 0 aliphatic heterocycles. The van der Waals surface area contributed by atoms with E-state index in [2.05, 4.69) is 11.1 Å². The second-order valence-corrected chi connectivity index (χ2v) is 4.89. The maximum absolute atomic E-state index is 11.2. The van der Waals surface area contributed by atoms with Gasteiger partial charge in [0.2, 0.25) is 0 Å². The van der Waals surface area contributed by atoms with Crippen molar-refractivity contribution in [1.82, 2.24) is 4.98 Å². The molecule has 0 saturated carbocycles. The third-order valence-electron chi connectivity index (χ3n) is 2.86. The van der Waals surface area contributed by atoms with Gasteiger partial charge in [-0.05, 0) is 32.0 Å². The Morgan fingerprint density at radius 3 is 2.90 bits per heavy atom. The molecule has 1 aromatic heterocycles. The number of carbonyl (C=O) groups excluding carboxylic acids is 1. The van der Waals surface area contributed by atoms with Crippen LogP contribution in [0.3, 0.4) is 0 Å². The van der Waals surface area contributed by atoms with Crippen molar-refractivity contribution in [2.24, 2.45) is 0 Å². The molecule has 0 spiro atoms. The van der Waals surface area contributed by atoms with E-state index < -0.39 is 0 Å². The van der Waals surface area contributed by atoms with Crippen LogP contribution in [0.25, 0.3) is 17.0 Å². The molecule has 0 atom stereocenters. The highest BCUT2D eigenvalue weighted by atomic mass is 35.5. The van der Waals surface area contributed by atoms with E-state index in [1.165, 1.54) is 11.6 Å². The van der Waals surface area contributed by atoms with Crippen LogP contribution in [0.1, 0.15) is 18.1 Å². The molecule has 2 rings (SSSR count). The summed E-state index contributed by atoms with van der Waals surface area (Å²) in [5.41, 5.74) is 2.84. The molecule has 2 aromatic rings. The molecule has 0 aliphatic carbocycles. The molecular formula is C17H16ClNO2. The molecule has 3 nitrogen and oxygen atoms in total. The van der Waals surface area contributed by atoms with Crippen molar-refractivity contribution < 1.29 is 9.53 Å². The van der Waals surface area contributed by atoms with Gasteiger partial charge in [0, 0.05) is 17.0 Å². The first kappa shape index (κ1) is 15.3. The van der Waals surface area contributed by atoms with E-state index in [1.807, 2.05) is 31.2 Å². The molecule has 4 heteroatoms.